The third kappa shape index (κ3) is 2.68. The molecule has 0 aliphatic rings. The normalized spacial score (nSPS) is 10.3. The molecule has 0 spiro atoms. The number of nitrogens with one attached hydrogen (secondary N) is 1. The van der Waals surface area contributed by atoms with Crippen molar-refractivity contribution in [2.45, 2.75) is 20.4 Å². The molecule has 1 aromatic heterocycles. The Labute approximate surface area is 105 Å². The summed E-state index contributed by atoms with van der Waals surface area (Å²) >= 11 is 0. The van der Waals surface area contributed by atoms with Crippen LogP contribution >= 0.6 is 0 Å². The molecule has 0 saturated heterocycles. The Bertz CT molecular complexity index is 539. The van der Waals surface area contributed by atoms with Crippen LogP contribution in [0.15, 0.2) is 28.7 Å². The maximum atomic E-state index is 10.9. The van der Waals surface area contributed by atoms with Crippen molar-refractivity contribution in [2.24, 2.45) is 5.73 Å². The number of oxazole rings is 1. The second-order valence-electron chi connectivity index (χ2n) is 4.04. The zero-order valence-corrected chi connectivity index (χ0v) is 10.4. The highest BCUT2D eigenvalue weighted by Crippen LogP contribution is 2.12. The maximum absolute atomic E-state index is 10.9. The molecule has 2 aromatic rings. The Hall–Kier alpha value is -2.30. The number of carbonyl (C=O) groups is 1. The molecule has 18 heavy (non-hydrogen) atoms. The number of carbonyl (C=O) groups excluding carboxylic acids is 1. The molecule has 0 aliphatic carbocycles. The SMILES string of the molecule is Cc1nc(CNc2ccc(C(N)=O)cc2)oc1C. The fraction of sp³-hybridized carbons (Fsp3) is 0.231. The third-order valence-corrected chi connectivity index (χ3v) is 2.69. The van der Waals surface area contributed by atoms with Gasteiger partial charge in [0.15, 0.2) is 0 Å². The second kappa shape index (κ2) is 4.91. The number of aryl methyl sites for hydroxylation is 2. The van der Waals surface area contributed by atoms with Crippen LogP contribution in [0.5, 0.6) is 0 Å². The second-order valence-corrected chi connectivity index (χ2v) is 4.04. The highest BCUT2D eigenvalue weighted by atomic mass is 16.4. The van der Waals surface area contributed by atoms with E-state index in [1.54, 1.807) is 24.3 Å². The lowest BCUT2D eigenvalue weighted by Gasteiger charge is -2.04. The van der Waals surface area contributed by atoms with Crippen LogP contribution in [0.4, 0.5) is 5.69 Å². The van der Waals surface area contributed by atoms with Crippen molar-refractivity contribution in [1.82, 2.24) is 4.98 Å². The molecule has 0 saturated carbocycles. The van der Waals surface area contributed by atoms with E-state index >= 15 is 0 Å². The molecule has 94 valence electrons. The Balaban J connectivity index is 2.00. The number of primary amides is 1. The lowest BCUT2D eigenvalue weighted by atomic mass is 10.2. The zero-order valence-electron chi connectivity index (χ0n) is 10.4. The summed E-state index contributed by atoms with van der Waals surface area (Å²) in [6, 6.07) is 6.94. The van der Waals surface area contributed by atoms with Gasteiger partial charge in [-0.3, -0.25) is 4.79 Å². The van der Waals surface area contributed by atoms with Gasteiger partial charge in [0.05, 0.1) is 12.2 Å². The van der Waals surface area contributed by atoms with Gasteiger partial charge in [0.25, 0.3) is 0 Å². The summed E-state index contributed by atoms with van der Waals surface area (Å²) in [6.45, 7) is 4.29. The van der Waals surface area contributed by atoms with Crippen LogP contribution in [-0.2, 0) is 6.54 Å². The van der Waals surface area contributed by atoms with Gasteiger partial charge in [-0.1, -0.05) is 0 Å². The van der Waals surface area contributed by atoms with E-state index in [4.69, 9.17) is 10.2 Å². The summed E-state index contributed by atoms with van der Waals surface area (Å²) < 4.78 is 5.45. The predicted octanol–water partition coefficient (Wildman–Crippen LogP) is 2.00. The fourth-order valence-corrected chi connectivity index (χ4v) is 1.54. The molecule has 3 N–H and O–H groups in total. The molecule has 5 nitrogen and oxygen atoms in total. The quantitative estimate of drug-likeness (QED) is 0.863. The van der Waals surface area contributed by atoms with E-state index < -0.39 is 5.91 Å². The number of nitrogens with zero attached hydrogens (tertiary/aromatic N) is 1. The van der Waals surface area contributed by atoms with Crippen LogP contribution in [0.2, 0.25) is 0 Å². The molecule has 1 aromatic carbocycles. The Kier molecular flexibility index (Phi) is 3.32. The minimum atomic E-state index is -0.430. The van der Waals surface area contributed by atoms with Crippen LogP contribution in [0.1, 0.15) is 27.7 Å². The Morgan fingerprint density at radius 3 is 2.50 bits per heavy atom. The summed E-state index contributed by atoms with van der Waals surface area (Å²) in [7, 11) is 0. The first-order chi connectivity index (χ1) is 8.56. The molecule has 0 fully saturated rings. The molecule has 0 aliphatic heterocycles. The van der Waals surface area contributed by atoms with Crippen molar-refractivity contribution in [3.05, 3.63) is 47.2 Å². The smallest absolute Gasteiger partial charge is 0.248 e. The van der Waals surface area contributed by atoms with Gasteiger partial charge in [-0.2, -0.15) is 0 Å². The lowest BCUT2D eigenvalue weighted by molar-refractivity contribution is 0.100. The Morgan fingerprint density at radius 1 is 1.33 bits per heavy atom. The van der Waals surface area contributed by atoms with Crippen LogP contribution in [-0.4, -0.2) is 10.9 Å². The van der Waals surface area contributed by atoms with Gasteiger partial charge in [-0.25, -0.2) is 4.98 Å². The molecule has 2 rings (SSSR count). The molecule has 0 bridgehead atoms. The molecule has 1 heterocycles. The fourth-order valence-electron chi connectivity index (χ4n) is 1.54. The van der Waals surface area contributed by atoms with Crippen LogP contribution in [0.25, 0.3) is 0 Å². The minimum absolute atomic E-state index is 0.430. The molecule has 5 heteroatoms. The average Bonchev–Trinajstić information content (AvgIpc) is 2.67. The van der Waals surface area contributed by atoms with E-state index in [0.717, 1.165) is 17.1 Å². The molecule has 1 amide bonds. The highest BCUT2D eigenvalue weighted by molar-refractivity contribution is 5.93. The summed E-state index contributed by atoms with van der Waals surface area (Å²) in [5, 5.41) is 3.16. The first-order valence-corrected chi connectivity index (χ1v) is 5.63. The number of amides is 1. The van der Waals surface area contributed by atoms with E-state index in [0.29, 0.717) is 18.0 Å². The molecule has 0 radical (unpaired) electrons. The summed E-state index contributed by atoms with van der Waals surface area (Å²) in [4.78, 5) is 15.2. The monoisotopic (exact) mass is 245 g/mol. The number of rotatable bonds is 4. The average molecular weight is 245 g/mol. The van der Waals surface area contributed by atoms with Gasteiger partial charge >= 0.3 is 0 Å². The van der Waals surface area contributed by atoms with Crippen LogP contribution in [0, 0.1) is 13.8 Å². The van der Waals surface area contributed by atoms with E-state index in [1.807, 2.05) is 13.8 Å². The van der Waals surface area contributed by atoms with Crippen molar-refractivity contribution < 1.29 is 9.21 Å². The first-order valence-electron chi connectivity index (χ1n) is 5.63. The van der Waals surface area contributed by atoms with E-state index in [-0.39, 0.29) is 0 Å². The summed E-state index contributed by atoms with van der Waals surface area (Å²) in [5.41, 5.74) is 7.43. The molecule has 0 unspecified atom stereocenters. The van der Waals surface area contributed by atoms with Crippen molar-refractivity contribution in [1.29, 1.82) is 0 Å². The standard InChI is InChI=1S/C13H15N3O2/c1-8-9(2)18-12(16-8)7-15-11-5-3-10(4-6-11)13(14)17/h3-6,15H,7H2,1-2H3,(H2,14,17). The minimum Gasteiger partial charge on any atom is -0.444 e. The zero-order chi connectivity index (χ0) is 13.1. The number of aromatic nitrogens is 1. The summed E-state index contributed by atoms with van der Waals surface area (Å²) in [5.74, 6) is 1.04. The van der Waals surface area contributed by atoms with Gasteiger partial charge in [0.2, 0.25) is 11.8 Å². The number of anilines is 1. The largest absolute Gasteiger partial charge is 0.444 e. The van der Waals surface area contributed by atoms with E-state index in [9.17, 15) is 4.79 Å². The maximum Gasteiger partial charge on any atom is 0.248 e. The van der Waals surface area contributed by atoms with Gasteiger partial charge < -0.3 is 15.5 Å². The van der Waals surface area contributed by atoms with Crippen LogP contribution in [0.3, 0.4) is 0 Å². The van der Waals surface area contributed by atoms with E-state index in [2.05, 4.69) is 10.3 Å². The third-order valence-electron chi connectivity index (χ3n) is 2.69. The van der Waals surface area contributed by atoms with Crippen molar-refractivity contribution in [2.75, 3.05) is 5.32 Å². The molecule has 0 atom stereocenters. The lowest BCUT2D eigenvalue weighted by Crippen LogP contribution is -2.10. The molecular weight excluding hydrogens is 230 g/mol. The van der Waals surface area contributed by atoms with Crippen LogP contribution < -0.4 is 11.1 Å². The van der Waals surface area contributed by atoms with E-state index in [1.165, 1.54) is 0 Å². The van der Waals surface area contributed by atoms with Gasteiger partial charge in [-0.15, -0.1) is 0 Å². The predicted molar refractivity (Wildman–Crippen MR) is 68.3 cm³/mol. The molecular formula is C13H15N3O2. The number of benzene rings is 1. The van der Waals surface area contributed by atoms with Gasteiger partial charge in [0, 0.05) is 11.3 Å². The van der Waals surface area contributed by atoms with Gasteiger partial charge in [0.1, 0.15) is 5.76 Å². The van der Waals surface area contributed by atoms with Crippen molar-refractivity contribution in [3.8, 4) is 0 Å². The number of hydrogen-bond acceptors (Lipinski definition) is 4. The highest BCUT2D eigenvalue weighted by Gasteiger charge is 2.05. The van der Waals surface area contributed by atoms with Gasteiger partial charge in [-0.05, 0) is 38.1 Å². The Morgan fingerprint density at radius 2 is 2.00 bits per heavy atom. The van der Waals surface area contributed by atoms with Crippen molar-refractivity contribution >= 4 is 11.6 Å². The topological polar surface area (TPSA) is 81.1 Å². The van der Waals surface area contributed by atoms with Crippen molar-refractivity contribution in [3.63, 3.8) is 0 Å². The number of hydrogen-bond donors (Lipinski definition) is 2. The summed E-state index contributed by atoms with van der Waals surface area (Å²) in [6.07, 6.45) is 0. The first kappa shape index (κ1) is 12.2. The number of nitrogens with two attached hydrogens (primary N) is 1.